The second-order valence-corrected chi connectivity index (χ2v) is 8.76. The van der Waals surface area contributed by atoms with Crippen molar-refractivity contribution in [2.75, 3.05) is 6.26 Å². The molecule has 0 aromatic rings. The van der Waals surface area contributed by atoms with Crippen molar-refractivity contribution in [2.45, 2.75) is 69.1 Å². The fourth-order valence-corrected chi connectivity index (χ4v) is 5.08. The molecule has 0 aromatic carbocycles. The van der Waals surface area contributed by atoms with Gasteiger partial charge in [-0.3, -0.25) is 0 Å². The summed E-state index contributed by atoms with van der Waals surface area (Å²) in [6, 6.07) is 0. The maximum absolute atomic E-state index is 11.7. The molecule has 2 aliphatic rings. The zero-order chi connectivity index (χ0) is 13.4. The Kier molecular flexibility index (Phi) is 4.07. The number of sulfone groups is 1. The maximum atomic E-state index is 11.7. The van der Waals surface area contributed by atoms with Gasteiger partial charge < -0.3 is 5.11 Å². The minimum absolute atomic E-state index is 0.197. The highest BCUT2D eigenvalue weighted by Crippen LogP contribution is 2.46. The van der Waals surface area contributed by atoms with E-state index in [4.69, 9.17) is 0 Å². The lowest BCUT2D eigenvalue weighted by molar-refractivity contribution is -0.0295. The third kappa shape index (κ3) is 2.90. The Bertz CT molecular complexity index is 390. The zero-order valence-corrected chi connectivity index (χ0v) is 12.4. The molecule has 0 amide bonds. The van der Waals surface area contributed by atoms with Crippen molar-refractivity contribution in [3.05, 3.63) is 0 Å². The first-order chi connectivity index (χ1) is 8.35. The van der Waals surface area contributed by atoms with E-state index >= 15 is 0 Å². The highest BCUT2D eigenvalue weighted by Gasteiger charge is 2.45. The first kappa shape index (κ1) is 14.3. The normalized spacial score (nSPS) is 42.1. The van der Waals surface area contributed by atoms with Gasteiger partial charge in [-0.05, 0) is 50.4 Å². The van der Waals surface area contributed by atoms with Gasteiger partial charge in [-0.2, -0.15) is 0 Å². The average molecular weight is 274 g/mol. The van der Waals surface area contributed by atoms with Crippen LogP contribution in [-0.2, 0) is 9.84 Å². The molecule has 0 aromatic heterocycles. The fraction of sp³-hybridized carbons (Fsp3) is 1.00. The van der Waals surface area contributed by atoms with Crippen molar-refractivity contribution < 1.29 is 13.5 Å². The molecule has 0 spiro atoms. The molecule has 4 unspecified atom stereocenters. The van der Waals surface area contributed by atoms with Gasteiger partial charge in [0.25, 0.3) is 0 Å². The van der Waals surface area contributed by atoms with Crippen molar-refractivity contribution in [1.29, 1.82) is 0 Å². The predicted octanol–water partition coefficient (Wildman–Crippen LogP) is 2.53. The van der Waals surface area contributed by atoms with E-state index in [-0.39, 0.29) is 11.2 Å². The Labute approximate surface area is 111 Å². The number of hydrogen-bond donors (Lipinski definition) is 1. The SMILES string of the molecule is CCC1CCC(O)(C2CCCC(S(C)(=O)=O)C2)C1. The highest BCUT2D eigenvalue weighted by molar-refractivity contribution is 7.91. The van der Waals surface area contributed by atoms with Gasteiger partial charge in [0.1, 0.15) is 9.84 Å². The Morgan fingerprint density at radius 2 is 2.00 bits per heavy atom. The van der Waals surface area contributed by atoms with Crippen LogP contribution in [-0.4, -0.2) is 30.6 Å². The number of rotatable bonds is 3. The summed E-state index contributed by atoms with van der Waals surface area (Å²) in [5.74, 6) is 0.830. The monoisotopic (exact) mass is 274 g/mol. The van der Waals surface area contributed by atoms with Crippen LogP contribution in [0, 0.1) is 11.8 Å². The molecule has 106 valence electrons. The van der Waals surface area contributed by atoms with Crippen molar-refractivity contribution in [3.8, 4) is 0 Å². The molecule has 3 nitrogen and oxygen atoms in total. The molecular formula is C14H26O3S. The first-order valence-electron chi connectivity index (χ1n) is 7.26. The number of aliphatic hydroxyl groups is 1. The van der Waals surface area contributed by atoms with Crippen LogP contribution in [0.2, 0.25) is 0 Å². The lowest BCUT2D eigenvalue weighted by Gasteiger charge is -2.38. The van der Waals surface area contributed by atoms with Crippen LogP contribution in [0.5, 0.6) is 0 Å². The Morgan fingerprint density at radius 3 is 2.56 bits per heavy atom. The quantitative estimate of drug-likeness (QED) is 0.860. The summed E-state index contributed by atoms with van der Waals surface area (Å²) in [5, 5.41) is 10.6. The summed E-state index contributed by atoms with van der Waals surface area (Å²) in [5.41, 5.74) is -0.579. The first-order valence-corrected chi connectivity index (χ1v) is 9.22. The van der Waals surface area contributed by atoms with Crippen LogP contribution in [0.15, 0.2) is 0 Å². The topological polar surface area (TPSA) is 54.4 Å². The van der Waals surface area contributed by atoms with E-state index < -0.39 is 15.4 Å². The minimum Gasteiger partial charge on any atom is -0.390 e. The Morgan fingerprint density at radius 1 is 1.28 bits per heavy atom. The zero-order valence-electron chi connectivity index (χ0n) is 11.6. The Hall–Kier alpha value is -0.0900. The van der Waals surface area contributed by atoms with Crippen LogP contribution in [0.3, 0.4) is 0 Å². The van der Waals surface area contributed by atoms with E-state index in [1.165, 1.54) is 6.26 Å². The van der Waals surface area contributed by atoms with Gasteiger partial charge in [-0.1, -0.05) is 19.8 Å². The van der Waals surface area contributed by atoms with Crippen molar-refractivity contribution in [2.24, 2.45) is 11.8 Å². The van der Waals surface area contributed by atoms with Gasteiger partial charge in [0, 0.05) is 6.26 Å². The molecule has 4 atom stereocenters. The summed E-state index contributed by atoms with van der Waals surface area (Å²) in [4.78, 5) is 0. The average Bonchev–Trinajstić information content (AvgIpc) is 2.72. The van der Waals surface area contributed by atoms with E-state index in [2.05, 4.69) is 6.92 Å². The minimum atomic E-state index is -2.95. The molecular weight excluding hydrogens is 248 g/mol. The third-order valence-electron chi connectivity index (χ3n) is 5.20. The smallest absolute Gasteiger partial charge is 0.150 e. The van der Waals surface area contributed by atoms with Crippen molar-refractivity contribution >= 4 is 9.84 Å². The van der Waals surface area contributed by atoms with Gasteiger partial charge in [0.05, 0.1) is 10.9 Å². The second-order valence-electron chi connectivity index (χ2n) is 6.44. The van der Waals surface area contributed by atoms with E-state index in [9.17, 15) is 13.5 Å². The number of hydrogen-bond acceptors (Lipinski definition) is 3. The largest absolute Gasteiger partial charge is 0.390 e. The van der Waals surface area contributed by atoms with E-state index in [1.807, 2.05) is 0 Å². The molecule has 18 heavy (non-hydrogen) atoms. The predicted molar refractivity (Wildman–Crippen MR) is 73.2 cm³/mol. The van der Waals surface area contributed by atoms with Gasteiger partial charge in [0.15, 0.2) is 0 Å². The molecule has 0 saturated heterocycles. The summed E-state index contributed by atoms with van der Waals surface area (Å²) in [7, 11) is -2.95. The van der Waals surface area contributed by atoms with Gasteiger partial charge in [-0.15, -0.1) is 0 Å². The van der Waals surface area contributed by atoms with Crippen LogP contribution in [0.25, 0.3) is 0 Å². The fourth-order valence-electron chi connectivity index (χ4n) is 3.90. The summed E-state index contributed by atoms with van der Waals surface area (Å²) < 4.78 is 23.4. The molecule has 2 saturated carbocycles. The summed E-state index contributed by atoms with van der Waals surface area (Å²) in [6.45, 7) is 2.18. The van der Waals surface area contributed by atoms with Crippen molar-refractivity contribution in [3.63, 3.8) is 0 Å². The van der Waals surface area contributed by atoms with E-state index in [0.717, 1.165) is 44.9 Å². The Balaban J connectivity index is 2.05. The molecule has 4 heteroatoms. The van der Waals surface area contributed by atoms with Gasteiger partial charge in [0.2, 0.25) is 0 Å². The second kappa shape index (κ2) is 5.12. The summed E-state index contributed by atoms with van der Waals surface area (Å²) in [6.07, 6.45) is 8.72. The van der Waals surface area contributed by atoms with Gasteiger partial charge >= 0.3 is 0 Å². The molecule has 2 aliphatic carbocycles. The van der Waals surface area contributed by atoms with Gasteiger partial charge in [-0.25, -0.2) is 8.42 Å². The lowest BCUT2D eigenvalue weighted by Crippen LogP contribution is -2.41. The van der Waals surface area contributed by atoms with Crippen molar-refractivity contribution in [1.82, 2.24) is 0 Å². The highest BCUT2D eigenvalue weighted by atomic mass is 32.2. The van der Waals surface area contributed by atoms with Crippen LogP contribution in [0.4, 0.5) is 0 Å². The molecule has 1 N–H and O–H groups in total. The lowest BCUT2D eigenvalue weighted by atomic mass is 9.75. The van der Waals surface area contributed by atoms with Crippen LogP contribution in [0.1, 0.15) is 58.3 Å². The van der Waals surface area contributed by atoms with E-state index in [0.29, 0.717) is 12.3 Å². The van der Waals surface area contributed by atoms with Crippen LogP contribution < -0.4 is 0 Å². The third-order valence-corrected chi connectivity index (χ3v) is 6.84. The summed E-state index contributed by atoms with van der Waals surface area (Å²) >= 11 is 0. The molecule has 0 radical (unpaired) electrons. The molecule has 2 fully saturated rings. The van der Waals surface area contributed by atoms with E-state index in [1.54, 1.807) is 0 Å². The molecule has 0 bridgehead atoms. The molecule has 2 rings (SSSR count). The maximum Gasteiger partial charge on any atom is 0.150 e. The molecule has 0 heterocycles. The standard InChI is InChI=1S/C14H26O3S/c1-3-11-7-8-14(15,10-11)12-5-4-6-13(9-12)18(2,16)17/h11-13,15H,3-10H2,1-2H3. The molecule has 0 aliphatic heterocycles. The van der Waals surface area contributed by atoms with Crippen LogP contribution >= 0.6 is 0 Å².